The van der Waals surface area contributed by atoms with Crippen molar-refractivity contribution >= 4 is 27.6 Å². The average molecular weight is 602 g/mol. The van der Waals surface area contributed by atoms with Gasteiger partial charge in [0.15, 0.2) is 21.4 Å². The number of carbonyl (C=O) groups excluding carboxylic acids is 1. The molecule has 5 rings (SSSR count). The number of ether oxygens (including phenoxy) is 2. The zero-order chi connectivity index (χ0) is 29.6. The second-order valence-electron chi connectivity index (χ2n) is 10.4. The fraction of sp³-hybridized carbons (Fsp3) is 0.265. The van der Waals surface area contributed by atoms with Crippen LogP contribution in [0.2, 0.25) is 0 Å². The quantitative estimate of drug-likeness (QED) is 0.173. The zero-order valence-electron chi connectivity index (χ0n) is 23.6. The Kier molecular flexibility index (Phi) is 9.48. The first-order valence-electron chi connectivity index (χ1n) is 13.9. The summed E-state index contributed by atoms with van der Waals surface area (Å²) in [5.41, 5.74) is 2.72. The molecule has 6 nitrogen and oxygen atoms in total. The van der Waals surface area contributed by atoms with E-state index in [1.807, 2.05) is 36.0 Å². The maximum atomic E-state index is 13.1. The van der Waals surface area contributed by atoms with Gasteiger partial charge >= 0.3 is 5.97 Å². The Balaban J connectivity index is 1.49. The molecule has 1 saturated heterocycles. The van der Waals surface area contributed by atoms with Crippen LogP contribution >= 0.6 is 11.8 Å². The monoisotopic (exact) mass is 601 g/mol. The maximum absolute atomic E-state index is 13.1. The molecule has 0 saturated carbocycles. The number of methoxy groups -OCH3 is 1. The molecule has 1 aliphatic heterocycles. The lowest BCUT2D eigenvalue weighted by Crippen LogP contribution is -2.43. The summed E-state index contributed by atoms with van der Waals surface area (Å²) in [6.07, 6.45) is 0.516. The van der Waals surface area contributed by atoms with Crippen LogP contribution in [0.15, 0.2) is 121 Å². The minimum absolute atomic E-state index is 0.0387. The largest absolute Gasteiger partial charge is 0.467 e. The second-order valence-corrected chi connectivity index (χ2v) is 14.1. The normalized spacial score (nSPS) is 18.7. The van der Waals surface area contributed by atoms with Gasteiger partial charge in [-0.05, 0) is 28.7 Å². The molecule has 4 atom stereocenters. The highest BCUT2D eigenvalue weighted by Crippen LogP contribution is 2.51. The summed E-state index contributed by atoms with van der Waals surface area (Å²) in [5, 5.41) is 3.47. The molecule has 0 amide bonds. The third kappa shape index (κ3) is 6.47. The first-order chi connectivity index (χ1) is 20.3. The summed E-state index contributed by atoms with van der Waals surface area (Å²) in [7, 11) is -2.45. The summed E-state index contributed by atoms with van der Waals surface area (Å²) >= 11 is 1.81. The van der Waals surface area contributed by atoms with Crippen molar-refractivity contribution in [3.05, 3.63) is 144 Å². The summed E-state index contributed by atoms with van der Waals surface area (Å²) in [6.45, 7) is 0.577. The highest BCUT2D eigenvalue weighted by Gasteiger charge is 2.45. The molecule has 0 aromatic heterocycles. The van der Waals surface area contributed by atoms with E-state index in [1.165, 1.54) is 7.11 Å². The van der Waals surface area contributed by atoms with Gasteiger partial charge in [0.25, 0.3) is 0 Å². The molecule has 42 heavy (non-hydrogen) atoms. The van der Waals surface area contributed by atoms with E-state index >= 15 is 0 Å². The molecular formula is C34H35NO5S2. The van der Waals surface area contributed by atoms with Gasteiger partial charge in [-0.2, -0.15) is 0 Å². The topological polar surface area (TPSA) is 81.7 Å². The molecule has 218 valence electrons. The van der Waals surface area contributed by atoms with Crippen LogP contribution in [0.3, 0.4) is 0 Å². The number of rotatable bonds is 11. The van der Waals surface area contributed by atoms with Crippen LogP contribution in [-0.4, -0.2) is 51.0 Å². The molecular weight excluding hydrogens is 567 g/mol. The number of benzene rings is 4. The molecule has 4 aromatic rings. The van der Waals surface area contributed by atoms with Crippen LogP contribution in [-0.2, 0) is 28.9 Å². The Hall–Kier alpha value is -3.43. The molecule has 0 radical (unpaired) electrons. The molecule has 8 heteroatoms. The van der Waals surface area contributed by atoms with Crippen molar-refractivity contribution in [2.45, 2.75) is 34.0 Å². The van der Waals surface area contributed by atoms with Gasteiger partial charge in [0.05, 0.1) is 11.9 Å². The van der Waals surface area contributed by atoms with Gasteiger partial charge in [0.2, 0.25) is 0 Å². The van der Waals surface area contributed by atoms with Gasteiger partial charge in [0, 0.05) is 24.1 Å². The molecule has 0 spiro atoms. The fourth-order valence-corrected chi connectivity index (χ4v) is 8.55. The third-order valence-corrected chi connectivity index (χ3v) is 10.6. The number of carbonyl (C=O) groups is 1. The van der Waals surface area contributed by atoms with Crippen molar-refractivity contribution in [2.75, 3.05) is 19.9 Å². The Bertz CT molecular complexity index is 1450. The number of hydrogen-bond acceptors (Lipinski definition) is 7. The van der Waals surface area contributed by atoms with Gasteiger partial charge in [0.1, 0.15) is 0 Å². The molecule has 1 heterocycles. The number of esters is 1. The number of hydrogen-bond donors (Lipinski definition) is 1. The summed E-state index contributed by atoms with van der Waals surface area (Å²) in [4.78, 5) is 12.7. The van der Waals surface area contributed by atoms with E-state index in [0.717, 1.165) is 22.9 Å². The maximum Gasteiger partial charge on any atom is 0.339 e. The van der Waals surface area contributed by atoms with Crippen LogP contribution in [0.1, 0.15) is 34.8 Å². The van der Waals surface area contributed by atoms with Crippen molar-refractivity contribution in [1.82, 2.24) is 5.32 Å². The Morgan fingerprint density at radius 2 is 1.26 bits per heavy atom. The van der Waals surface area contributed by atoms with Crippen LogP contribution in [0, 0.1) is 0 Å². The highest BCUT2D eigenvalue weighted by atomic mass is 32.2. The lowest BCUT2D eigenvalue weighted by Gasteiger charge is -2.37. The van der Waals surface area contributed by atoms with E-state index in [0.29, 0.717) is 18.5 Å². The standard InChI is InChI=1S/C34H35NO5S2/c1-39-32(36)31(25-15-7-3-8-16-25)40-33(42(2,37)38)30-23-29(24-35-30)41-34(26-17-9-4-10-18-26,27-19-11-5-12-20-27)28-21-13-6-14-22-28/h3-22,29-31,33,35H,23-24H2,1-2H3/t29?,30?,31-,33?/m0/s1. The van der Waals surface area contributed by atoms with E-state index in [4.69, 9.17) is 9.47 Å². The SMILES string of the molecule is COC(=O)[C@@H](OC(C1CC(SC(c2ccccc2)(c2ccccc2)c2ccccc2)CN1)S(C)(=O)=O)c1ccccc1. The summed E-state index contributed by atoms with van der Waals surface area (Å²) in [6, 6.07) is 39.6. The Morgan fingerprint density at radius 1 is 0.810 bits per heavy atom. The first-order valence-corrected chi connectivity index (χ1v) is 16.7. The Labute approximate surface area is 252 Å². The van der Waals surface area contributed by atoms with Gasteiger partial charge in [-0.1, -0.05) is 121 Å². The Morgan fingerprint density at radius 3 is 1.69 bits per heavy atom. The molecule has 0 bridgehead atoms. The lowest BCUT2D eigenvalue weighted by atomic mass is 9.84. The van der Waals surface area contributed by atoms with Crippen LogP contribution < -0.4 is 5.32 Å². The number of sulfone groups is 1. The van der Waals surface area contributed by atoms with E-state index in [2.05, 4.69) is 78.1 Å². The minimum Gasteiger partial charge on any atom is -0.467 e. The molecule has 0 aliphatic carbocycles. The molecule has 1 fully saturated rings. The van der Waals surface area contributed by atoms with Crippen LogP contribution in [0.25, 0.3) is 0 Å². The minimum atomic E-state index is -3.72. The van der Waals surface area contributed by atoms with E-state index < -0.39 is 38.1 Å². The molecule has 4 aromatic carbocycles. The van der Waals surface area contributed by atoms with Crippen molar-refractivity contribution < 1.29 is 22.7 Å². The summed E-state index contributed by atoms with van der Waals surface area (Å²) in [5.74, 6) is -0.643. The average Bonchev–Trinajstić information content (AvgIpc) is 3.48. The third-order valence-electron chi connectivity index (χ3n) is 7.55. The van der Waals surface area contributed by atoms with Crippen LogP contribution in [0.5, 0.6) is 0 Å². The molecule has 3 unspecified atom stereocenters. The molecule has 1 aliphatic rings. The zero-order valence-corrected chi connectivity index (χ0v) is 25.3. The van der Waals surface area contributed by atoms with E-state index in [9.17, 15) is 13.2 Å². The predicted octanol–water partition coefficient (Wildman–Crippen LogP) is 5.74. The van der Waals surface area contributed by atoms with E-state index in [-0.39, 0.29) is 5.25 Å². The van der Waals surface area contributed by atoms with Crippen LogP contribution in [0.4, 0.5) is 0 Å². The number of thioether (sulfide) groups is 1. The predicted molar refractivity (Wildman–Crippen MR) is 168 cm³/mol. The van der Waals surface area contributed by atoms with Crippen molar-refractivity contribution in [2.24, 2.45) is 0 Å². The highest BCUT2D eigenvalue weighted by molar-refractivity contribution is 8.01. The molecule has 1 N–H and O–H groups in total. The fourth-order valence-electron chi connectivity index (χ4n) is 5.64. The second kappa shape index (κ2) is 13.3. The van der Waals surface area contributed by atoms with Crippen molar-refractivity contribution in [3.8, 4) is 0 Å². The van der Waals surface area contributed by atoms with Gasteiger partial charge in [-0.3, -0.25) is 0 Å². The smallest absolute Gasteiger partial charge is 0.339 e. The van der Waals surface area contributed by atoms with Crippen molar-refractivity contribution in [3.63, 3.8) is 0 Å². The van der Waals surface area contributed by atoms with E-state index in [1.54, 1.807) is 24.3 Å². The van der Waals surface area contributed by atoms with Crippen molar-refractivity contribution in [1.29, 1.82) is 0 Å². The van der Waals surface area contributed by atoms with Gasteiger partial charge in [-0.25, -0.2) is 13.2 Å². The van der Waals surface area contributed by atoms with Gasteiger partial charge < -0.3 is 14.8 Å². The number of nitrogens with one attached hydrogen (secondary N) is 1. The lowest BCUT2D eigenvalue weighted by molar-refractivity contribution is -0.156. The van der Waals surface area contributed by atoms with Gasteiger partial charge in [-0.15, -0.1) is 11.8 Å². The summed E-state index contributed by atoms with van der Waals surface area (Å²) < 4.78 is 36.9. The first kappa shape index (κ1) is 30.0.